The van der Waals surface area contributed by atoms with Crippen molar-refractivity contribution in [1.29, 1.82) is 0 Å². The number of rotatable bonds is 5. The lowest BCUT2D eigenvalue weighted by molar-refractivity contribution is -0.502. The van der Waals surface area contributed by atoms with E-state index in [-0.39, 0.29) is 6.04 Å². The fourth-order valence-electron chi connectivity index (χ4n) is 2.00. The molecule has 0 saturated heterocycles. The molecular formula is C17H17NO. The monoisotopic (exact) mass is 251 g/mol. The van der Waals surface area contributed by atoms with Crippen molar-refractivity contribution in [3.63, 3.8) is 0 Å². The van der Waals surface area contributed by atoms with Gasteiger partial charge in [0.2, 0.25) is 0 Å². The standard InChI is InChI=1S/C17H17NO/c1-2-9-17(16-12-7-4-8-13-16)18(19)14-15-10-5-3-6-11-15/h2-8,10-14,17H,1,9H2/b18-14-. The highest BCUT2D eigenvalue weighted by molar-refractivity contribution is 5.75. The minimum atomic E-state index is -0.223. The van der Waals surface area contributed by atoms with E-state index in [1.165, 1.54) is 0 Å². The highest BCUT2D eigenvalue weighted by Crippen LogP contribution is 2.20. The molecule has 1 atom stereocenters. The van der Waals surface area contributed by atoms with Crippen LogP contribution in [0.5, 0.6) is 0 Å². The van der Waals surface area contributed by atoms with E-state index in [0.717, 1.165) is 15.9 Å². The van der Waals surface area contributed by atoms with E-state index in [0.29, 0.717) is 6.42 Å². The Morgan fingerprint density at radius 1 is 1.00 bits per heavy atom. The first-order valence-electron chi connectivity index (χ1n) is 6.32. The van der Waals surface area contributed by atoms with Gasteiger partial charge >= 0.3 is 0 Å². The third-order valence-corrected chi connectivity index (χ3v) is 2.96. The van der Waals surface area contributed by atoms with Crippen LogP contribution in [0, 0.1) is 5.21 Å². The molecule has 1 unspecified atom stereocenters. The Bertz CT molecular complexity index is 546. The molecule has 0 saturated carbocycles. The van der Waals surface area contributed by atoms with Gasteiger partial charge in [0.1, 0.15) is 0 Å². The Hall–Kier alpha value is -2.35. The van der Waals surface area contributed by atoms with Gasteiger partial charge in [-0.1, -0.05) is 54.6 Å². The molecule has 0 fully saturated rings. The number of hydrogen-bond donors (Lipinski definition) is 0. The summed E-state index contributed by atoms with van der Waals surface area (Å²) in [6.07, 6.45) is 4.03. The smallest absolute Gasteiger partial charge is 0.191 e. The molecule has 2 aromatic rings. The van der Waals surface area contributed by atoms with Crippen molar-refractivity contribution in [2.75, 3.05) is 0 Å². The van der Waals surface area contributed by atoms with Crippen LogP contribution >= 0.6 is 0 Å². The number of nitrogens with zero attached hydrogens (tertiary/aromatic N) is 1. The van der Waals surface area contributed by atoms with Crippen LogP contribution in [0.15, 0.2) is 73.3 Å². The van der Waals surface area contributed by atoms with Gasteiger partial charge in [0.05, 0.1) is 0 Å². The minimum absolute atomic E-state index is 0.223. The zero-order valence-corrected chi connectivity index (χ0v) is 10.8. The molecule has 2 heteroatoms. The van der Waals surface area contributed by atoms with Crippen LogP contribution in [-0.2, 0) is 0 Å². The third-order valence-electron chi connectivity index (χ3n) is 2.96. The summed E-state index contributed by atoms with van der Waals surface area (Å²) >= 11 is 0. The van der Waals surface area contributed by atoms with Crippen molar-refractivity contribution in [2.45, 2.75) is 12.5 Å². The average molecular weight is 251 g/mol. The van der Waals surface area contributed by atoms with Gasteiger partial charge in [0.25, 0.3) is 0 Å². The molecule has 0 bridgehead atoms. The van der Waals surface area contributed by atoms with Crippen molar-refractivity contribution >= 4 is 6.21 Å². The van der Waals surface area contributed by atoms with E-state index >= 15 is 0 Å². The van der Waals surface area contributed by atoms with E-state index in [1.807, 2.05) is 60.7 Å². The Morgan fingerprint density at radius 3 is 2.16 bits per heavy atom. The summed E-state index contributed by atoms with van der Waals surface area (Å²) in [5, 5.41) is 12.3. The SMILES string of the molecule is C=CCC(c1ccccc1)/[N+]([O-])=C/c1ccccc1. The van der Waals surface area contributed by atoms with Crippen molar-refractivity contribution in [3.8, 4) is 0 Å². The minimum Gasteiger partial charge on any atom is -0.623 e. The van der Waals surface area contributed by atoms with Crippen LogP contribution in [-0.4, -0.2) is 11.0 Å². The van der Waals surface area contributed by atoms with E-state index in [1.54, 1.807) is 12.3 Å². The number of hydroxylamine groups is 1. The predicted molar refractivity (Wildman–Crippen MR) is 79.2 cm³/mol. The summed E-state index contributed by atoms with van der Waals surface area (Å²) in [7, 11) is 0. The first kappa shape index (κ1) is 13.1. The van der Waals surface area contributed by atoms with Crippen LogP contribution in [0.3, 0.4) is 0 Å². The van der Waals surface area contributed by atoms with Gasteiger partial charge in [0, 0.05) is 17.5 Å². The van der Waals surface area contributed by atoms with Gasteiger partial charge in [-0.15, -0.1) is 6.58 Å². The lowest BCUT2D eigenvalue weighted by Gasteiger charge is -2.16. The Morgan fingerprint density at radius 2 is 1.58 bits per heavy atom. The quantitative estimate of drug-likeness (QED) is 0.260. The van der Waals surface area contributed by atoms with E-state index in [2.05, 4.69) is 6.58 Å². The molecule has 0 radical (unpaired) electrons. The lowest BCUT2D eigenvalue weighted by Crippen LogP contribution is -2.14. The van der Waals surface area contributed by atoms with Crippen molar-refractivity contribution < 1.29 is 4.74 Å². The maximum Gasteiger partial charge on any atom is 0.191 e. The number of benzene rings is 2. The van der Waals surface area contributed by atoms with Crippen LogP contribution in [0.1, 0.15) is 23.6 Å². The first-order valence-corrected chi connectivity index (χ1v) is 6.32. The van der Waals surface area contributed by atoms with Crippen LogP contribution in [0.4, 0.5) is 0 Å². The summed E-state index contributed by atoms with van der Waals surface area (Å²) in [6, 6.07) is 19.2. The fourth-order valence-corrected chi connectivity index (χ4v) is 2.00. The maximum atomic E-state index is 12.3. The first-order chi connectivity index (χ1) is 9.31. The van der Waals surface area contributed by atoms with Crippen LogP contribution in [0.2, 0.25) is 0 Å². The molecule has 0 aliphatic carbocycles. The lowest BCUT2D eigenvalue weighted by atomic mass is 10.0. The number of hydrogen-bond acceptors (Lipinski definition) is 1. The Kier molecular flexibility index (Phi) is 4.51. The molecule has 0 aliphatic heterocycles. The molecule has 2 nitrogen and oxygen atoms in total. The van der Waals surface area contributed by atoms with E-state index in [9.17, 15) is 5.21 Å². The molecule has 2 aromatic carbocycles. The van der Waals surface area contributed by atoms with Crippen molar-refractivity contribution in [2.24, 2.45) is 0 Å². The highest BCUT2D eigenvalue weighted by Gasteiger charge is 2.16. The molecule has 0 N–H and O–H groups in total. The largest absolute Gasteiger partial charge is 0.623 e. The topological polar surface area (TPSA) is 26.1 Å². The van der Waals surface area contributed by atoms with E-state index in [4.69, 9.17) is 0 Å². The molecule has 0 aromatic heterocycles. The summed E-state index contributed by atoms with van der Waals surface area (Å²) < 4.78 is 1.01. The zero-order chi connectivity index (χ0) is 13.5. The molecule has 0 spiro atoms. The molecule has 0 amide bonds. The molecule has 19 heavy (non-hydrogen) atoms. The summed E-state index contributed by atoms with van der Waals surface area (Å²) in [4.78, 5) is 0. The zero-order valence-electron chi connectivity index (χ0n) is 10.8. The summed E-state index contributed by atoms with van der Waals surface area (Å²) in [5.41, 5.74) is 1.91. The van der Waals surface area contributed by atoms with Gasteiger partial charge in [0.15, 0.2) is 12.3 Å². The van der Waals surface area contributed by atoms with Gasteiger partial charge in [-0.2, -0.15) is 0 Å². The Balaban J connectivity index is 2.29. The molecule has 0 heterocycles. The maximum absolute atomic E-state index is 12.3. The molecule has 96 valence electrons. The molecule has 0 aliphatic rings. The second kappa shape index (κ2) is 6.55. The summed E-state index contributed by atoms with van der Waals surface area (Å²) in [6.45, 7) is 3.74. The normalized spacial score (nSPS) is 12.9. The average Bonchev–Trinajstić information content (AvgIpc) is 2.46. The second-order valence-electron chi connectivity index (χ2n) is 4.35. The molecular weight excluding hydrogens is 234 g/mol. The van der Waals surface area contributed by atoms with E-state index < -0.39 is 0 Å². The summed E-state index contributed by atoms with van der Waals surface area (Å²) in [5.74, 6) is 0. The predicted octanol–water partition coefficient (Wildman–Crippen LogP) is 3.93. The third kappa shape index (κ3) is 3.55. The Labute approximate surface area is 113 Å². The fraction of sp³-hybridized carbons (Fsp3) is 0.118. The molecule has 2 rings (SSSR count). The van der Waals surface area contributed by atoms with Crippen LogP contribution in [0.25, 0.3) is 0 Å². The van der Waals surface area contributed by atoms with Gasteiger partial charge in [-0.3, -0.25) is 0 Å². The van der Waals surface area contributed by atoms with Gasteiger partial charge in [-0.05, 0) is 12.1 Å². The van der Waals surface area contributed by atoms with Crippen molar-refractivity contribution in [1.82, 2.24) is 0 Å². The van der Waals surface area contributed by atoms with Crippen molar-refractivity contribution in [3.05, 3.63) is 89.7 Å². The van der Waals surface area contributed by atoms with Gasteiger partial charge in [-0.25, -0.2) is 4.74 Å². The highest BCUT2D eigenvalue weighted by atomic mass is 16.5. The van der Waals surface area contributed by atoms with Crippen LogP contribution < -0.4 is 0 Å². The second-order valence-corrected chi connectivity index (χ2v) is 4.35. The van der Waals surface area contributed by atoms with Gasteiger partial charge < -0.3 is 5.21 Å².